The summed E-state index contributed by atoms with van der Waals surface area (Å²) in [5.74, 6) is 1.51. The van der Waals surface area contributed by atoms with E-state index in [1.165, 1.54) is 6.07 Å². The van der Waals surface area contributed by atoms with Crippen LogP contribution in [0.4, 0.5) is 15.8 Å². The molecule has 8 rings (SSSR count). The van der Waals surface area contributed by atoms with Gasteiger partial charge in [-0.2, -0.15) is 0 Å². The lowest BCUT2D eigenvalue weighted by Gasteiger charge is -2.18. The third-order valence-corrected chi connectivity index (χ3v) is 9.91. The monoisotopic (exact) mass is 710 g/mol. The second-order valence-corrected chi connectivity index (χ2v) is 13.6. The largest absolute Gasteiger partial charge is 0.496 e. The van der Waals surface area contributed by atoms with Gasteiger partial charge in [0, 0.05) is 70.5 Å². The van der Waals surface area contributed by atoms with E-state index in [0.29, 0.717) is 18.4 Å². The van der Waals surface area contributed by atoms with E-state index in [4.69, 9.17) is 29.4 Å². The number of halogens is 1. The van der Waals surface area contributed by atoms with Crippen molar-refractivity contribution >= 4 is 35.3 Å². The molecule has 0 aliphatic carbocycles. The molecule has 0 N–H and O–H groups in total. The summed E-state index contributed by atoms with van der Waals surface area (Å²) in [5.41, 5.74) is 13.9. The van der Waals surface area contributed by atoms with Crippen LogP contribution in [0.15, 0.2) is 132 Å². The molecule has 0 spiro atoms. The molecule has 7 heteroatoms. The van der Waals surface area contributed by atoms with Gasteiger partial charge in [0.1, 0.15) is 17.3 Å². The highest BCUT2D eigenvalue weighted by Gasteiger charge is 2.21. The summed E-state index contributed by atoms with van der Waals surface area (Å²) in [6.07, 6.45) is 12.9. The maximum Gasteiger partial charge on any atom is 0.126 e. The third-order valence-electron chi connectivity index (χ3n) is 9.91. The Kier molecular flexibility index (Phi) is 9.53. The van der Waals surface area contributed by atoms with Gasteiger partial charge in [0.05, 0.1) is 37.0 Å². The van der Waals surface area contributed by atoms with Crippen molar-refractivity contribution in [1.29, 1.82) is 0 Å². The van der Waals surface area contributed by atoms with E-state index < -0.39 is 0 Å². The normalized spacial score (nSPS) is 14.6. The van der Waals surface area contributed by atoms with Crippen molar-refractivity contribution in [2.45, 2.75) is 26.7 Å². The Morgan fingerprint density at radius 2 is 1.41 bits per heavy atom. The van der Waals surface area contributed by atoms with E-state index in [-0.39, 0.29) is 11.7 Å². The number of pyridine rings is 2. The molecule has 0 saturated carbocycles. The molecule has 1 unspecified atom stereocenters. The number of rotatable bonds is 8. The molecule has 2 aromatic heterocycles. The van der Waals surface area contributed by atoms with Crippen molar-refractivity contribution < 1.29 is 13.9 Å². The van der Waals surface area contributed by atoms with E-state index in [1.54, 1.807) is 33.4 Å². The molecule has 4 heterocycles. The Labute approximate surface area is 315 Å². The van der Waals surface area contributed by atoms with Gasteiger partial charge in [-0.05, 0) is 114 Å². The molecule has 2 aliphatic heterocycles. The van der Waals surface area contributed by atoms with Crippen molar-refractivity contribution in [2.75, 3.05) is 14.2 Å². The zero-order valence-electron chi connectivity index (χ0n) is 30.7. The molecule has 6 nitrogen and oxygen atoms in total. The van der Waals surface area contributed by atoms with E-state index in [9.17, 15) is 4.39 Å². The summed E-state index contributed by atoms with van der Waals surface area (Å²) in [4.78, 5) is 19.4. The standard InChI is InChI=1S/C47H39FN4O2/c1-29-21-44(54-4)39-26-32(15-17-42(39)52-28-29)37-11-6-18-49-45(37)33-10-5-9-31(23-33)24-36-25-35(27-40-43(53-3)13-8-20-51-47(36)40)38-12-7-19-50-46(38)34-14-16-41(48)30(2)22-34/h5-7,9-23,25-29H,8,24H2,1-4H3. The molecule has 266 valence electrons. The van der Waals surface area contributed by atoms with Crippen LogP contribution in [0.3, 0.4) is 0 Å². The fourth-order valence-electron chi connectivity index (χ4n) is 7.27. The van der Waals surface area contributed by atoms with Gasteiger partial charge in [-0.3, -0.25) is 20.0 Å². The quantitative estimate of drug-likeness (QED) is 0.158. The number of fused-ring (bicyclic) bond motifs is 2. The van der Waals surface area contributed by atoms with Crippen LogP contribution < -0.4 is 0 Å². The van der Waals surface area contributed by atoms with Gasteiger partial charge in [-0.15, -0.1) is 0 Å². The van der Waals surface area contributed by atoms with Gasteiger partial charge < -0.3 is 9.47 Å². The summed E-state index contributed by atoms with van der Waals surface area (Å²) in [6.45, 7) is 3.87. The van der Waals surface area contributed by atoms with Crippen LogP contribution in [-0.2, 0) is 15.9 Å². The van der Waals surface area contributed by atoms with E-state index >= 15 is 0 Å². The lowest BCUT2D eigenvalue weighted by atomic mass is 9.90. The molecule has 54 heavy (non-hydrogen) atoms. The maximum atomic E-state index is 14.3. The minimum absolute atomic E-state index is 0.163. The third kappa shape index (κ3) is 6.76. The number of hydrogen-bond donors (Lipinski definition) is 0. The van der Waals surface area contributed by atoms with Crippen LogP contribution in [0.2, 0.25) is 0 Å². The number of methoxy groups -OCH3 is 2. The van der Waals surface area contributed by atoms with Crippen LogP contribution in [0.1, 0.15) is 41.2 Å². The van der Waals surface area contributed by atoms with Crippen molar-refractivity contribution in [3.05, 3.63) is 155 Å². The van der Waals surface area contributed by atoms with Crippen molar-refractivity contribution in [1.82, 2.24) is 9.97 Å². The first-order chi connectivity index (χ1) is 26.4. The smallest absolute Gasteiger partial charge is 0.126 e. The number of ether oxygens (including phenoxy) is 2. The summed E-state index contributed by atoms with van der Waals surface area (Å²) < 4.78 is 26.0. The number of aliphatic imine (C=N–C) groups is 2. The highest BCUT2D eigenvalue weighted by atomic mass is 19.1. The number of allylic oxidation sites excluding steroid dienone is 2. The van der Waals surface area contributed by atoms with E-state index in [1.807, 2.05) is 42.9 Å². The minimum Gasteiger partial charge on any atom is -0.496 e. The Morgan fingerprint density at radius 1 is 0.685 bits per heavy atom. The van der Waals surface area contributed by atoms with Crippen molar-refractivity contribution in [3.8, 4) is 44.8 Å². The van der Waals surface area contributed by atoms with Gasteiger partial charge >= 0.3 is 0 Å². The molecule has 6 aromatic rings. The first kappa shape index (κ1) is 34.6. The highest BCUT2D eigenvalue weighted by Crippen LogP contribution is 2.41. The van der Waals surface area contributed by atoms with Crippen LogP contribution in [-0.4, -0.2) is 36.6 Å². The molecule has 2 aliphatic rings. The van der Waals surface area contributed by atoms with Gasteiger partial charge in [0.25, 0.3) is 0 Å². The predicted molar refractivity (Wildman–Crippen MR) is 218 cm³/mol. The summed E-state index contributed by atoms with van der Waals surface area (Å²) in [5, 5.41) is 0. The number of benzene rings is 4. The maximum absolute atomic E-state index is 14.3. The van der Waals surface area contributed by atoms with Crippen LogP contribution in [0.5, 0.6) is 0 Å². The summed E-state index contributed by atoms with van der Waals surface area (Å²) in [7, 11) is 3.40. The zero-order chi connectivity index (χ0) is 37.2. The molecule has 4 aromatic carbocycles. The van der Waals surface area contributed by atoms with Gasteiger partial charge in [-0.1, -0.05) is 43.3 Å². The lowest BCUT2D eigenvalue weighted by molar-refractivity contribution is 0.368. The van der Waals surface area contributed by atoms with Gasteiger partial charge in [0.15, 0.2) is 0 Å². The molecule has 0 amide bonds. The van der Waals surface area contributed by atoms with Crippen LogP contribution >= 0.6 is 0 Å². The number of aromatic nitrogens is 2. The Morgan fingerprint density at radius 3 is 2.17 bits per heavy atom. The first-order valence-electron chi connectivity index (χ1n) is 18.0. The van der Waals surface area contributed by atoms with Gasteiger partial charge in [0.2, 0.25) is 0 Å². The molecule has 0 saturated heterocycles. The topological polar surface area (TPSA) is 69.0 Å². The molecule has 1 atom stereocenters. The van der Waals surface area contributed by atoms with Crippen molar-refractivity contribution in [3.63, 3.8) is 0 Å². The summed E-state index contributed by atoms with van der Waals surface area (Å²) in [6, 6.07) is 32.4. The van der Waals surface area contributed by atoms with Crippen LogP contribution in [0, 0.1) is 18.7 Å². The predicted octanol–water partition coefficient (Wildman–Crippen LogP) is 11.6. The molecule has 0 bridgehead atoms. The Balaban J connectivity index is 1.21. The van der Waals surface area contributed by atoms with Crippen molar-refractivity contribution in [2.24, 2.45) is 15.9 Å². The summed E-state index contributed by atoms with van der Waals surface area (Å²) >= 11 is 0. The van der Waals surface area contributed by atoms with Gasteiger partial charge in [-0.25, -0.2) is 4.39 Å². The average Bonchev–Trinajstić information content (AvgIpc) is 3.52. The number of nitrogens with zero attached hydrogens (tertiary/aromatic N) is 4. The molecular formula is C47H39FN4O2. The Hall–Kier alpha value is -6.47. The number of hydrogen-bond acceptors (Lipinski definition) is 6. The minimum atomic E-state index is -0.240. The SMILES string of the molecule is COC1=CC(C)C=Nc2ccc(-c3cccnc3-c3cccc(Cc4cc(-c5cccnc5-c5ccc(F)c(C)c5)cc5c4N=CCC=C5OC)c3)cc21. The molecule has 0 fully saturated rings. The zero-order valence-corrected chi connectivity index (χ0v) is 30.7. The average molecular weight is 711 g/mol. The molecule has 0 radical (unpaired) electrons. The Bertz CT molecular complexity index is 2530. The lowest BCUT2D eigenvalue weighted by Crippen LogP contribution is -1.98. The molecular weight excluding hydrogens is 672 g/mol. The van der Waals surface area contributed by atoms with Crippen LogP contribution in [0.25, 0.3) is 56.3 Å². The second kappa shape index (κ2) is 14.9. The van der Waals surface area contributed by atoms with E-state index in [0.717, 1.165) is 89.9 Å². The highest BCUT2D eigenvalue weighted by molar-refractivity contribution is 5.89. The second-order valence-electron chi connectivity index (χ2n) is 13.6. The fourth-order valence-corrected chi connectivity index (χ4v) is 7.27. The van der Waals surface area contributed by atoms with E-state index in [2.05, 4.69) is 79.7 Å². The fraction of sp³-hybridized carbons (Fsp3) is 0.149. The first-order valence-corrected chi connectivity index (χ1v) is 18.0. The number of aryl methyl sites for hydroxylation is 1.